The molecule has 0 radical (unpaired) electrons. The third-order valence-corrected chi connectivity index (χ3v) is 5.18. The Morgan fingerprint density at radius 2 is 1.76 bits per heavy atom. The molecule has 2 aromatic rings. The van der Waals surface area contributed by atoms with Crippen LogP contribution in [0.1, 0.15) is 20.8 Å². The zero-order chi connectivity index (χ0) is 17.8. The van der Waals surface area contributed by atoms with E-state index >= 15 is 0 Å². The minimum absolute atomic E-state index is 0.184. The average molecular weight is 342 g/mol. The fourth-order valence-corrected chi connectivity index (χ4v) is 4.05. The average Bonchev–Trinajstić information content (AvgIpc) is 3.17. The van der Waals surface area contributed by atoms with Gasteiger partial charge in [0.25, 0.3) is 0 Å². The minimum atomic E-state index is -0.437. The number of carbonyl (C=O) groups excluding carboxylic acids is 1. The molecule has 3 heterocycles. The molecule has 0 saturated carbocycles. The fourth-order valence-electron chi connectivity index (χ4n) is 4.05. The molecule has 2 fully saturated rings. The van der Waals surface area contributed by atoms with Crippen LogP contribution in [-0.4, -0.2) is 52.3 Å². The lowest BCUT2D eigenvalue weighted by molar-refractivity contribution is 0.0282. The molecule has 2 aliphatic heterocycles. The maximum absolute atomic E-state index is 12.3. The highest BCUT2D eigenvalue weighted by Crippen LogP contribution is 2.35. The van der Waals surface area contributed by atoms with Crippen molar-refractivity contribution in [2.24, 2.45) is 18.9 Å². The molecule has 1 aromatic heterocycles. The van der Waals surface area contributed by atoms with Crippen LogP contribution in [-0.2, 0) is 11.8 Å². The normalized spacial score (nSPS) is 23.4. The number of hydrogen-bond acceptors (Lipinski definition) is 4. The van der Waals surface area contributed by atoms with Crippen LogP contribution in [0.25, 0.3) is 11.0 Å². The van der Waals surface area contributed by atoms with E-state index in [1.165, 1.54) is 0 Å². The molecule has 0 aliphatic carbocycles. The van der Waals surface area contributed by atoms with Crippen molar-refractivity contribution in [2.45, 2.75) is 26.4 Å². The highest BCUT2D eigenvalue weighted by atomic mass is 16.6. The van der Waals surface area contributed by atoms with Crippen LogP contribution in [0.2, 0.25) is 0 Å². The van der Waals surface area contributed by atoms with Crippen LogP contribution in [0.5, 0.6) is 0 Å². The first-order valence-corrected chi connectivity index (χ1v) is 8.96. The van der Waals surface area contributed by atoms with Crippen LogP contribution in [0, 0.1) is 11.8 Å². The van der Waals surface area contributed by atoms with Gasteiger partial charge in [-0.1, -0.05) is 12.1 Å². The third kappa shape index (κ3) is 2.94. The Balaban J connectivity index is 1.45. The van der Waals surface area contributed by atoms with Gasteiger partial charge in [-0.25, -0.2) is 9.78 Å². The molecule has 2 unspecified atom stereocenters. The summed E-state index contributed by atoms with van der Waals surface area (Å²) in [5, 5.41) is 0. The van der Waals surface area contributed by atoms with Gasteiger partial charge in [0.1, 0.15) is 5.60 Å². The summed E-state index contributed by atoms with van der Waals surface area (Å²) in [6.07, 6.45) is -0.184. The number of ether oxygens (including phenoxy) is 1. The van der Waals surface area contributed by atoms with E-state index in [0.29, 0.717) is 11.8 Å². The van der Waals surface area contributed by atoms with Crippen molar-refractivity contribution in [3.63, 3.8) is 0 Å². The fraction of sp³-hybridized carbons (Fsp3) is 0.579. The van der Waals surface area contributed by atoms with Gasteiger partial charge in [0.15, 0.2) is 0 Å². The number of anilines is 1. The van der Waals surface area contributed by atoms with Gasteiger partial charge in [0.05, 0.1) is 11.0 Å². The molecule has 4 rings (SSSR count). The van der Waals surface area contributed by atoms with Gasteiger partial charge < -0.3 is 19.1 Å². The van der Waals surface area contributed by atoms with Gasteiger partial charge in [-0.15, -0.1) is 0 Å². The molecule has 25 heavy (non-hydrogen) atoms. The monoisotopic (exact) mass is 342 g/mol. The van der Waals surface area contributed by atoms with E-state index in [4.69, 9.17) is 9.72 Å². The molecule has 134 valence electrons. The zero-order valence-corrected chi connectivity index (χ0v) is 15.4. The summed E-state index contributed by atoms with van der Waals surface area (Å²) in [6.45, 7) is 9.18. The van der Waals surface area contributed by atoms with E-state index in [1.54, 1.807) is 0 Å². The first-order chi connectivity index (χ1) is 11.8. The first-order valence-electron chi connectivity index (χ1n) is 8.96. The van der Waals surface area contributed by atoms with E-state index in [1.807, 2.05) is 37.8 Å². The molecular weight excluding hydrogens is 316 g/mol. The Hall–Kier alpha value is -2.24. The predicted molar refractivity (Wildman–Crippen MR) is 97.7 cm³/mol. The van der Waals surface area contributed by atoms with Crippen LogP contribution >= 0.6 is 0 Å². The standard InChI is InChI=1S/C19H26N4O2/c1-19(2,3)25-18(24)23-11-13-9-22(10-14(13)12-23)17-20-15-7-5-6-8-16(15)21(17)4/h5-8,13-14H,9-12H2,1-4H3. The lowest BCUT2D eigenvalue weighted by Crippen LogP contribution is -2.37. The van der Waals surface area contributed by atoms with Crippen LogP contribution < -0.4 is 4.90 Å². The number of nitrogens with zero attached hydrogens (tertiary/aromatic N) is 4. The second-order valence-corrected chi connectivity index (χ2v) is 8.27. The molecule has 0 bridgehead atoms. The Labute approximate surface area is 148 Å². The maximum atomic E-state index is 12.3. The number of para-hydroxylation sites is 2. The lowest BCUT2D eigenvalue weighted by atomic mass is 10.0. The van der Waals surface area contributed by atoms with Crippen molar-refractivity contribution >= 4 is 23.1 Å². The maximum Gasteiger partial charge on any atom is 0.410 e. The highest BCUT2D eigenvalue weighted by molar-refractivity contribution is 5.78. The molecule has 2 atom stereocenters. The summed E-state index contributed by atoms with van der Waals surface area (Å²) in [5.74, 6) is 2.01. The molecule has 0 N–H and O–H groups in total. The number of hydrogen-bond donors (Lipinski definition) is 0. The van der Waals surface area contributed by atoms with Gasteiger partial charge in [0, 0.05) is 45.1 Å². The Bertz CT molecular complexity index is 793. The van der Waals surface area contributed by atoms with Crippen LogP contribution in [0.3, 0.4) is 0 Å². The molecule has 2 saturated heterocycles. The summed E-state index contributed by atoms with van der Waals surface area (Å²) in [5.41, 5.74) is 1.76. The molecule has 6 heteroatoms. The summed E-state index contributed by atoms with van der Waals surface area (Å²) in [6, 6.07) is 8.23. The summed E-state index contributed by atoms with van der Waals surface area (Å²) in [4.78, 5) is 21.3. The first kappa shape index (κ1) is 16.2. The Kier molecular flexibility index (Phi) is 3.67. The largest absolute Gasteiger partial charge is 0.444 e. The number of aryl methyl sites for hydroxylation is 1. The number of imidazole rings is 1. The third-order valence-electron chi connectivity index (χ3n) is 5.18. The number of amides is 1. The van der Waals surface area contributed by atoms with Crippen molar-refractivity contribution in [1.29, 1.82) is 0 Å². The summed E-state index contributed by atoms with van der Waals surface area (Å²) in [7, 11) is 2.08. The van der Waals surface area contributed by atoms with Crippen molar-refractivity contribution in [3.05, 3.63) is 24.3 Å². The quantitative estimate of drug-likeness (QED) is 0.800. The number of rotatable bonds is 1. The van der Waals surface area contributed by atoms with E-state index in [2.05, 4.69) is 28.6 Å². The number of benzene rings is 1. The molecule has 1 aromatic carbocycles. The van der Waals surface area contributed by atoms with E-state index in [-0.39, 0.29) is 6.09 Å². The van der Waals surface area contributed by atoms with Gasteiger partial charge >= 0.3 is 6.09 Å². The van der Waals surface area contributed by atoms with Crippen LogP contribution in [0.15, 0.2) is 24.3 Å². The van der Waals surface area contributed by atoms with E-state index < -0.39 is 5.60 Å². The second-order valence-electron chi connectivity index (χ2n) is 8.27. The number of likely N-dealkylation sites (tertiary alicyclic amines) is 1. The Morgan fingerprint density at radius 1 is 1.12 bits per heavy atom. The van der Waals surface area contributed by atoms with Gasteiger partial charge in [-0.3, -0.25) is 0 Å². The number of fused-ring (bicyclic) bond motifs is 2. The smallest absolute Gasteiger partial charge is 0.410 e. The van der Waals surface area contributed by atoms with Crippen molar-refractivity contribution in [3.8, 4) is 0 Å². The molecule has 2 aliphatic rings. The molecule has 6 nitrogen and oxygen atoms in total. The van der Waals surface area contributed by atoms with E-state index in [0.717, 1.165) is 43.2 Å². The topological polar surface area (TPSA) is 50.6 Å². The molecule has 0 spiro atoms. The van der Waals surface area contributed by atoms with Crippen molar-refractivity contribution in [1.82, 2.24) is 14.5 Å². The van der Waals surface area contributed by atoms with Crippen LogP contribution in [0.4, 0.5) is 10.7 Å². The SMILES string of the molecule is Cn1c(N2CC3CN(C(=O)OC(C)(C)C)CC3C2)nc2ccccc21. The Morgan fingerprint density at radius 3 is 2.36 bits per heavy atom. The van der Waals surface area contributed by atoms with Crippen molar-refractivity contribution in [2.75, 3.05) is 31.1 Å². The summed E-state index contributed by atoms with van der Waals surface area (Å²) < 4.78 is 7.68. The molecular formula is C19H26N4O2. The highest BCUT2D eigenvalue weighted by Gasteiger charge is 2.43. The predicted octanol–water partition coefficient (Wildman–Crippen LogP) is 2.88. The number of aromatic nitrogens is 2. The summed E-state index contributed by atoms with van der Waals surface area (Å²) >= 11 is 0. The van der Waals surface area contributed by atoms with Gasteiger partial charge in [-0.2, -0.15) is 0 Å². The lowest BCUT2D eigenvalue weighted by Gasteiger charge is -2.26. The van der Waals surface area contributed by atoms with Gasteiger partial charge in [-0.05, 0) is 32.9 Å². The zero-order valence-electron chi connectivity index (χ0n) is 15.4. The minimum Gasteiger partial charge on any atom is -0.444 e. The number of carbonyl (C=O) groups is 1. The van der Waals surface area contributed by atoms with Gasteiger partial charge in [0.2, 0.25) is 5.95 Å². The molecule has 1 amide bonds. The van der Waals surface area contributed by atoms with E-state index in [9.17, 15) is 4.79 Å². The second kappa shape index (κ2) is 5.64. The van der Waals surface area contributed by atoms with Crippen molar-refractivity contribution < 1.29 is 9.53 Å².